The third kappa shape index (κ3) is 2.75. The van der Waals surface area contributed by atoms with E-state index >= 15 is 0 Å². The zero-order valence-electron chi connectivity index (χ0n) is 12.8. The van der Waals surface area contributed by atoms with Crippen LogP contribution >= 0.6 is 47.8 Å². The first-order chi connectivity index (χ1) is 12.1. The number of fused-ring (bicyclic) bond motifs is 1. The van der Waals surface area contributed by atoms with Crippen LogP contribution < -0.4 is 0 Å². The van der Waals surface area contributed by atoms with E-state index in [-0.39, 0.29) is 5.75 Å². The molecular weight excluding hydrogens is 512 g/mol. The van der Waals surface area contributed by atoms with Crippen molar-refractivity contribution in [3.8, 4) is 28.2 Å². The first-order valence-electron chi connectivity index (χ1n) is 7.52. The van der Waals surface area contributed by atoms with Crippen molar-refractivity contribution in [3.63, 3.8) is 0 Å². The number of hydrogen-bond acceptors (Lipinski definition) is 2. The van der Waals surface area contributed by atoms with Crippen molar-refractivity contribution in [1.82, 2.24) is 0 Å². The van der Waals surface area contributed by atoms with E-state index in [1.54, 1.807) is 0 Å². The minimum Gasteiger partial charge on any atom is -0.506 e. The predicted octanol–water partition coefficient (Wildman–Crippen LogP) is 7.76. The molecule has 0 unspecified atom stereocenters. The maximum Gasteiger partial charge on any atom is 0.154 e. The first-order valence-corrected chi connectivity index (χ1v) is 9.90. The van der Waals surface area contributed by atoms with Crippen LogP contribution in [0.2, 0.25) is 0 Å². The zero-order valence-corrected chi connectivity index (χ0v) is 17.5. The molecule has 0 radical (unpaired) electrons. The van der Waals surface area contributed by atoms with Gasteiger partial charge < -0.3 is 9.52 Å². The minimum atomic E-state index is 0.148. The molecule has 25 heavy (non-hydrogen) atoms. The van der Waals surface area contributed by atoms with Crippen molar-refractivity contribution in [2.45, 2.75) is 0 Å². The van der Waals surface area contributed by atoms with E-state index in [4.69, 9.17) is 4.42 Å². The number of furan rings is 1. The molecule has 4 rings (SSSR count). The van der Waals surface area contributed by atoms with Gasteiger partial charge in [0.05, 0.1) is 18.8 Å². The van der Waals surface area contributed by atoms with E-state index in [1.807, 2.05) is 60.7 Å². The highest BCUT2D eigenvalue weighted by Gasteiger charge is 2.25. The van der Waals surface area contributed by atoms with Gasteiger partial charge in [0, 0.05) is 11.1 Å². The molecule has 4 aromatic rings. The molecule has 0 saturated carbocycles. The summed E-state index contributed by atoms with van der Waals surface area (Å²) in [6.45, 7) is 0. The lowest BCUT2D eigenvalue weighted by molar-refractivity contribution is 0.478. The van der Waals surface area contributed by atoms with Gasteiger partial charge in [-0.3, -0.25) is 0 Å². The standard InChI is InChI=1S/C20H11Br3O2/c21-15-13(11-7-3-1-4-8-11)16(22)20-14(18(15)24)17(23)19(25-20)12-9-5-2-6-10-12/h1-10,24H. The highest BCUT2D eigenvalue weighted by atomic mass is 79.9. The number of phenols is 1. The van der Waals surface area contributed by atoms with Gasteiger partial charge in [0.1, 0.15) is 11.5 Å². The van der Waals surface area contributed by atoms with Crippen LogP contribution in [0.5, 0.6) is 5.75 Å². The topological polar surface area (TPSA) is 33.4 Å². The summed E-state index contributed by atoms with van der Waals surface area (Å²) in [6, 6.07) is 19.7. The van der Waals surface area contributed by atoms with Crippen molar-refractivity contribution in [2.24, 2.45) is 0 Å². The third-order valence-corrected chi connectivity index (χ3v) is 6.32. The molecule has 0 atom stereocenters. The molecule has 0 aliphatic carbocycles. The van der Waals surface area contributed by atoms with Gasteiger partial charge in [-0.25, -0.2) is 0 Å². The van der Waals surface area contributed by atoms with Gasteiger partial charge in [-0.15, -0.1) is 0 Å². The Morgan fingerprint density at radius 2 is 1.24 bits per heavy atom. The van der Waals surface area contributed by atoms with Crippen LogP contribution in [0, 0.1) is 0 Å². The molecule has 0 aliphatic rings. The SMILES string of the molecule is Oc1c(Br)c(-c2ccccc2)c(Br)c2oc(-c3ccccc3)c(Br)c12. The average Bonchev–Trinajstić information content (AvgIpc) is 2.99. The van der Waals surface area contributed by atoms with Gasteiger partial charge in [0.2, 0.25) is 0 Å². The van der Waals surface area contributed by atoms with Crippen LogP contribution in [0.4, 0.5) is 0 Å². The molecule has 2 nitrogen and oxygen atoms in total. The minimum absolute atomic E-state index is 0.148. The van der Waals surface area contributed by atoms with Crippen LogP contribution in [0.15, 0.2) is 78.5 Å². The van der Waals surface area contributed by atoms with E-state index in [2.05, 4.69) is 47.8 Å². The van der Waals surface area contributed by atoms with Gasteiger partial charge in [-0.2, -0.15) is 0 Å². The van der Waals surface area contributed by atoms with Crippen molar-refractivity contribution < 1.29 is 9.52 Å². The molecule has 5 heteroatoms. The Kier molecular flexibility index (Phi) is 4.48. The lowest BCUT2D eigenvalue weighted by Gasteiger charge is -2.10. The fourth-order valence-corrected chi connectivity index (χ4v) is 5.12. The van der Waals surface area contributed by atoms with Gasteiger partial charge >= 0.3 is 0 Å². The van der Waals surface area contributed by atoms with E-state index in [0.717, 1.165) is 25.6 Å². The maximum absolute atomic E-state index is 10.8. The molecule has 0 bridgehead atoms. The van der Waals surface area contributed by atoms with Crippen LogP contribution in [0.25, 0.3) is 33.4 Å². The predicted molar refractivity (Wildman–Crippen MR) is 112 cm³/mol. The Labute approximate surface area is 169 Å². The van der Waals surface area contributed by atoms with Crippen molar-refractivity contribution in [1.29, 1.82) is 0 Å². The molecule has 1 N–H and O–H groups in total. The summed E-state index contributed by atoms with van der Waals surface area (Å²) in [6.07, 6.45) is 0. The largest absolute Gasteiger partial charge is 0.506 e. The molecule has 0 fully saturated rings. The molecular formula is C20H11Br3O2. The third-order valence-electron chi connectivity index (χ3n) is 4.03. The molecule has 0 amide bonds. The van der Waals surface area contributed by atoms with Crippen LogP contribution in [-0.4, -0.2) is 5.11 Å². The summed E-state index contributed by atoms with van der Waals surface area (Å²) in [4.78, 5) is 0. The lowest BCUT2D eigenvalue weighted by atomic mass is 10.0. The number of aromatic hydroxyl groups is 1. The number of hydrogen-bond donors (Lipinski definition) is 1. The quantitative estimate of drug-likeness (QED) is 0.292. The summed E-state index contributed by atoms with van der Waals surface area (Å²) >= 11 is 10.8. The molecule has 1 heterocycles. The second-order valence-electron chi connectivity index (χ2n) is 5.53. The number of rotatable bonds is 2. The summed E-state index contributed by atoms with van der Waals surface area (Å²) in [5.74, 6) is 0.832. The van der Waals surface area contributed by atoms with Gasteiger partial charge in [0.15, 0.2) is 5.58 Å². The average molecular weight is 523 g/mol. The van der Waals surface area contributed by atoms with Crippen molar-refractivity contribution >= 4 is 58.8 Å². The Morgan fingerprint density at radius 3 is 1.84 bits per heavy atom. The summed E-state index contributed by atoms with van der Waals surface area (Å²) in [5, 5.41) is 11.4. The van der Waals surface area contributed by atoms with Crippen LogP contribution in [0.1, 0.15) is 0 Å². The molecule has 0 aliphatic heterocycles. The van der Waals surface area contributed by atoms with Crippen molar-refractivity contribution in [3.05, 3.63) is 74.1 Å². The van der Waals surface area contributed by atoms with Gasteiger partial charge in [-0.1, -0.05) is 60.7 Å². The van der Waals surface area contributed by atoms with Gasteiger partial charge in [0.25, 0.3) is 0 Å². The first kappa shape index (κ1) is 16.9. The Morgan fingerprint density at radius 1 is 0.680 bits per heavy atom. The molecule has 0 saturated heterocycles. The smallest absolute Gasteiger partial charge is 0.154 e. The van der Waals surface area contributed by atoms with Crippen LogP contribution in [-0.2, 0) is 0 Å². The van der Waals surface area contributed by atoms with E-state index in [0.29, 0.717) is 21.2 Å². The molecule has 3 aromatic carbocycles. The van der Waals surface area contributed by atoms with E-state index in [9.17, 15) is 5.11 Å². The second kappa shape index (κ2) is 6.63. The van der Waals surface area contributed by atoms with E-state index in [1.165, 1.54) is 0 Å². The van der Waals surface area contributed by atoms with E-state index < -0.39 is 0 Å². The Balaban J connectivity index is 2.07. The Bertz CT molecular complexity index is 1070. The fourth-order valence-electron chi connectivity index (χ4n) is 2.85. The van der Waals surface area contributed by atoms with Crippen molar-refractivity contribution in [2.75, 3.05) is 0 Å². The monoisotopic (exact) mass is 520 g/mol. The summed E-state index contributed by atoms with van der Waals surface area (Å²) < 4.78 is 8.29. The fraction of sp³-hybridized carbons (Fsp3) is 0. The Hall–Kier alpha value is -1.56. The number of phenolic OH excluding ortho intramolecular Hbond substituents is 1. The lowest BCUT2D eigenvalue weighted by Crippen LogP contribution is -1.85. The molecule has 0 spiro atoms. The maximum atomic E-state index is 10.8. The summed E-state index contributed by atoms with van der Waals surface area (Å²) in [5.41, 5.74) is 3.37. The highest BCUT2D eigenvalue weighted by Crippen LogP contribution is 2.52. The number of halogens is 3. The normalized spacial score (nSPS) is 11.2. The second-order valence-corrected chi connectivity index (χ2v) is 7.91. The highest BCUT2D eigenvalue weighted by molar-refractivity contribution is 9.11. The number of benzene rings is 3. The zero-order chi connectivity index (χ0) is 17.6. The summed E-state index contributed by atoms with van der Waals surface area (Å²) in [7, 11) is 0. The van der Waals surface area contributed by atoms with Gasteiger partial charge in [-0.05, 0) is 53.4 Å². The molecule has 124 valence electrons. The molecule has 1 aromatic heterocycles. The van der Waals surface area contributed by atoms with Crippen LogP contribution in [0.3, 0.4) is 0 Å².